The number of para-hydroxylation sites is 1. The first-order valence-corrected chi connectivity index (χ1v) is 7.34. The molecular weight excluding hydrogens is 254 g/mol. The Hall–Kier alpha value is -1.10. The lowest BCUT2D eigenvalue weighted by Gasteiger charge is -2.24. The molecule has 1 aliphatic heterocycles. The van der Waals surface area contributed by atoms with E-state index >= 15 is 0 Å². The van der Waals surface area contributed by atoms with E-state index in [1.807, 2.05) is 25.2 Å². The Morgan fingerprint density at radius 3 is 2.90 bits per heavy atom. The van der Waals surface area contributed by atoms with Crippen LogP contribution in [-0.4, -0.2) is 40.1 Å². The summed E-state index contributed by atoms with van der Waals surface area (Å²) in [5, 5.41) is 3.28. The van der Waals surface area contributed by atoms with E-state index in [2.05, 4.69) is 11.4 Å². The van der Waals surface area contributed by atoms with Gasteiger partial charge in [-0.15, -0.1) is 0 Å². The summed E-state index contributed by atoms with van der Waals surface area (Å²) in [5.41, 5.74) is 1.13. The Balaban J connectivity index is 1.85. The van der Waals surface area contributed by atoms with Crippen molar-refractivity contribution in [2.45, 2.75) is 31.4 Å². The molecular formula is C16H25NO3. The van der Waals surface area contributed by atoms with Crippen molar-refractivity contribution >= 4 is 0 Å². The molecule has 0 amide bonds. The zero-order valence-electron chi connectivity index (χ0n) is 12.4. The molecule has 112 valence electrons. The van der Waals surface area contributed by atoms with Crippen molar-refractivity contribution in [2.75, 3.05) is 34.0 Å². The molecule has 1 aromatic rings. The first-order chi connectivity index (χ1) is 9.85. The van der Waals surface area contributed by atoms with Gasteiger partial charge in [0.2, 0.25) is 0 Å². The molecule has 1 aliphatic rings. The molecule has 1 saturated heterocycles. The molecule has 1 N–H and O–H groups in total. The summed E-state index contributed by atoms with van der Waals surface area (Å²) < 4.78 is 16.9. The maximum atomic E-state index is 5.84. The van der Waals surface area contributed by atoms with Crippen molar-refractivity contribution in [2.24, 2.45) is 0 Å². The third-order valence-corrected chi connectivity index (χ3v) is 3.73. The largest absolute Gasteiger partial charge is 0.496 e. The Kier molecular flexibility index (Phi) is 6.30. The first-order valence-electron chi connectivity index (χ1n) is 7.34. The average Bonchev–Trinajstić information content (AvgIpc) is 2.53. The number of ether oxygens (including phenoxy) is 3. The van der Waals surface area contributed by atoms with E-state index in [9.17, 15) is 0 Å². The third-order valence-electron chi connectivity index (χ3n) is 3.73. The Labute approximate surface area is 121 Å². The highest BCUT2D eigenvalue weighted by molar-refractivity contribution is 5.35. The van der Waals surface area contributed by atoms with Crippen LogP contribution in [0.2, 0.25) is 0 Å². The van der Waals surface area contributed by atoms with E-state index in [0.717, 1.165) is 24.3 Å². The number of nitrogens with one attached hydrogen (secondary N) is 1. The topological polar surface area (TPSA) is 39.7 Å². The van der Waals surface area contributed by atoms with Gasteiger partial charge < -0.3 is 19.5 Å². The van der Waals surface area contributed by atoms with Crippen molar-refractivity contribution in [3.63, 3.8) is 0 Å². The van der Waals surface area contributed by atoms with Gasteiger partial charge >= 0.3 is 0 Å². The molecule has 1 fully saturated rings. The zero-order chi connectivity index (χ0) is 14.2. The zero-order valence-corrected chi connectivity index (χ0v) is 12.4. The van der Waals surface area contributed by atoms with Gasteiger partial charge in [0.15, 0.2) is 0 Å². The minimum Gasteiger partial charge on any atom is -0.496 e. The molecule has 0 spiro atoms. The van der Waals surface area contributed by atoms with Crippen LogP contribution in [0.1, 0.15) is 30.9 Å². The van der Waals surface area contributed by atoms with E-state index in [-0.39, 0.29) is 12.1 Å². The summed E-state index contributed by atoms with van der Waals surface area (Å²) in [6.45, 7) is 2.17. The van der Waals surface area contributed by atoms with Gasteiger partial charge in [0.25, 0.3) is 0 Å². The Bertz CT molecular complexity index is 391. The number of benzene rings is 1. The molecule has 0 aromatic heterocycles. The molecule has 2 atom stereocenters. The van der Waals surface area contributed by atoms with Gasteiger partial charge in [-0.3, -0.25) is 0 Å². The molecule has 2 unspecified atom stereocenters. The predicted molar refractivity (Wildman–Crippen MR) is 79.2 cm³/mol. The average molecular weight is 279 g/mol. The Morgan fingerprint density at radius 1 is 1.35 bits per heavy atom. The van der Waals surface area contributed by atoms with E-state index in [1.165, 1.54) is 12.8 Å². The third kappa shape index (κ3) is 4.20. The lowest BCUT2D eigenvalue weighted by Crippen LogP contribution is -2.28. The number of likely N-dealkylation sites (N-methyl/N-ethyl adjacent to an activating group) is 1. The van der Waals surface area contributed by atoms with Crippen LogP contribution in [0, 0.1) is 0 Å². The van der Waals surface area contributed by atoms with Crippen LogP contribution in [0.3, 0.4) is 0 Å². The van der Waals surface area contributed by atoms with Gasteiger partial charge in [-0.25, -0.2) is 0 Å². The van der Waals surface area contributed by atoms with E-state index in [1.54, 1.807) is 7.11 Å². The second-order valence-electron chi connectivity index (χ2n) is 5.11. The molecule has 4 nitrogen and oxygen atoms in total. The summed E-state index contributed by atoms with van der Waals surface area (Å²) in [5.74, 6) is 0.893. The molecule has 0 aliphatic carbocycles. The fourth-order valence-corrected chi connectivity index (χ4v) is 2.54. The summed E-state index contributed by atoms with van der Waals surface area (Å²) in [4.78, 5) is 0. The predicted octanol–water partition coefficient (Wildman–Crippen LogP) is 2.54. The maximum absolute atomic E-state index is 5.84. The fraction of sp³-hybridized carbons (Fsp3) is 0.625. The van der Waals surface area contributed by atoms with Gasteiger partial charge in [0.05, 0.1) is 32.5 Å². The molecule has 0 radical (unpaired) electrons. The van der Waals surface area contributed by atoms with Crippen molar-refractivity contribution in [1.29, 1.82) is 0 Å². The quantitative estimate of drug-likeness (QED) is 0.832. The van der Waals surface area contributed by atoms with E-state index in [4.69, 9.17) is 14.2 Å². The SMILES string of the molecule is CNC(COCC1CCCCO1)c1ccccc1OC. The molecule has 0 bridgehead atoms. The maximum Gasteiger partial charge on any atom is 0.123 e. The molecule has 0 saturated carbocycles. The van der Waals surface area contributed by atoms with E-state index in [0.29, 0.717) is 13.2 Å². The van der Waals surface area contributed by atoms with Gasteiger partial charge in [0, 0.05) is 12.2 Å². The minimum atomic E-state index is 0.134. The Morgan fingerprint density at radius 2 is 2.20 bits per heavy atom. The van der Waals surface area contributed by atoms with Crippen LogP contribution in [0.15, 0.2) is 24.3 Å². The highest BCUT2D eigenvalue weighted by atomic mass is 16.5. The summed E-state index contributed by atoms with van der Waals surface area (Å²) >= 11 is 0. The lowest BCUT2D eigenvalue weighted by atomic mass is 10.1. The minimum absolute atomic E-state index is 0.134. The smallest absolute Gasteiger partial charge is 0.123 e. The van der Waals surface area contributed by atoms with Crippen LogP contribution < -0.4 is 10.1 Å². The highest BCUT2D eigenvalue weighted by Gasteiger charge is 2.17. The van der Waals surface area contributed by atoms with E-state index < -0.39 is 0 Å². The second-order valence-corrected chi connectivity index (χ2v) is 5.11. The fourth-order valence-electron chi connectivity index (χ4n) is 2.54. The molecule has 2 rings (SSSR count). The van der Waals surface area contributed by atoms with Gasteiger partial charge in [-0.2, -0.15) is 0 Å². The summed E-state index contributed by atoms with van der Waals surface area (Å²) in [6, 6.07) is 8.18. The highest BCUT2D eigenvalue weighted by Crippen LogP contribution is 2.25. The van der Waals surface area contributed by atoms with Crippen LogP contribution >= 0.6 is 0 Å². The van der Waals surface area contributed by atoms with Crippen LogP contribution in [0.5, 0.6) is 5.75 Å². The standard InChI is InChI=1S/C16H25NO3/c1-17-15(14-8-3-4-9-16(14)18-2)12-19-11-13-7-5-6-10-20-13/h3-4,8-9,13,15,17H,5-7,10-12H2,1-2H3. The molecule has 1 heterocycles. The molecule has 4 heteroatoms. The number of hydrogen-bond acceptors (Lipinski definition) is 4. The molecule has 1 aromatic carbocycles. The van der Waals surface area contributed by atoms with Gasteiger partial charge in [-0.1, -0.05) is 18.2 Å². The monoisotopic (exact) mass is 279 g/mol. The van der Waals surface area contributed by atoms with Crippen LogP contribution in [0.4, 0.5) is 0 Å². The molecule has 20 heavy (non-hydrogen) atoms. The van der Waals surface area contributed by atoms with Crippen molar-refractivity contribution in [1.82, 2.24) is 5.32 Å². The number of rotatable bonds is 7. The normalized spacial score (nSPS) is 20.6. The van der Waals surface area contributed by atoms with Crippen molar-refractivity contribution < 1.29 is 14.2 Å². The lowest BCUT2D eigenvalue weighted by molar-refractivity contribution is -0.0440. The second kappa shape index (κ2) is 8.25. The van der Waals surface area contributed by atoms with Crippen LogP contribution in [-0.2, 0) is 9.47 Å². The first kappa shape index (κ1) is 15.3. The van der Waals surface area contributed by atoms with Gasteiger partial charge in [0.1, 0.15) is 5.75 Å². The number of hydrogen-bond donors (Lipinski definition) is 1. The summed E-state index contributed by atoms with van der Waals surface area (Å²) in [6.07, 6.45) is 3.80. The van der Waals surface area contributed by atoms with Gasteiger partial charge in [-0.05, 0) is 32.4 Å². The number of methoxy groups -OCH3 is 1. The summed E-state index contributed by atoms with van der Waals surface area (Å²) in [7, 11) is 3.64. The van der Waals surface area contributed by atoms with Crippen LogP contribution in [0.25, 0.3) is 0 Å². The van der Waals surface area contributed by atoms with Crippen molar-refractivity contribution in [3.05, 3.63) is 29.8 Å². The van der Waals surface area contributed by atoms with Crippen molar-refractivity contribution in [3.8, 4) is 5.75 Å².